The van der Waals surface area contributed by atoms with E-state index in [2.05, 4.69) is 4.98 Å². The molecule has 1 aliphatic heterocycles. The molecular weight excluding hydrogens is 359 g/mol. The van der Waals surface area contributed by atoms with Crippen molar-refractivity contribution in [3.63, 3.8) is 0 Å². The van der Waals surface area contributed by atoms with Crippen molar-refractivity contribution in [2.75, 3.05) is 13.1 Å². The van der Waals surface area contributed by atoms with Gasteiger partial charge in [0.25, 0.3) is 5.91 Å². The molecule has 1 aromatic carbocycles. The standard InChI is InChI=1S/C19H16F3N3O2/c20-19(21,22)16-6-2-1-5-15(16)18(26)25-10-7-14(8-11-25)27-17-13(12-23)4-3-9-24-17/h1-6,9,14H,7-8,10-11H2. The number of halogens is 3. The highest BCUT2D eigenvalue weighted by Crippen LogP contribution is 2.33. The van der Waals surface area contributed by atoms with E-state index in [0.717, 1.165) is 6.07 Å². The molecule has 8 heteroatoms. The van der Waals surface area contributed by atoms with Crippen LogP contribution in [0, 0.1) is 11.3 Å². The molecule has 0 aliphatic carbocycles. The van der Waals surface area contributed by atoms with E-state index in [4.69, 9.17) is 10.00 Å². The fraction of sp³-hybridized carbons (Fsp3) is 0.316. The van der Waals surface area contributed by atoms with E-state index in [1.54, 1.807) is 12.1 Å². The molecular formula is C19H16F3N3O2. The normalized spacial score (nSPS) is 15.3. The highest BCUT2D eigenvalue weighted by atomic mass is 19.4. The van der Waals surface area contributed by atoms with E-state index in [9.17, 15) is 18.0 Å². The minimum absolute atomic E-state index is 0.229. The third-order valence-electron chi connectivity index (χ3n) is 4.36. The molecule has 0 unspecified atom stereocenters. The highest BCUT2D eigenvalue weighted by Gasteiger charge is 2.36. The number of nitrogens with zero attached hydrogens (tertiary/aromatic N) is 3. The molecule has 2 aromatic rings. The van der Waals surface area contributed by atoms with Gasteiger partial charge in [0.1, 0.15) is 17.7 Å². The summed E-state index contributed by atoms with van der Waals surface area (Å²) >= 11 is 0. The molecule has 0 radical (unpaired) electrons. The Balaban J connectivity index is 1.66. The summed E-state index contributed by atoms with van der Waals surface area (Å²) in [4.78, 5) is 18.0. The molecule has 0 N–H and O–H groups in total. The highest BCUT2D eigenvalue weighted by molar-refractivity contribution is 5.96. The molecule has 140 valence electrons. The van der Waals surface area contributed by atoms with Crippen molar-refractivity contribution >= 4 is 5.91 Å². The number of ether oxygens (including phenoxy) is 1. The smallest absolute Gasteiger partial charge is 0.417 e. The van der Waals surface area contributed by atoms with Gasteiger partial charge in [0, 0.05) is 32.1 Å². The maximum absolute atomic E-state index is 13.1. The van der Waals surface area contributed by atoms with Gasteiger partial charge in [0.05, 0.1) is 11.1 Å². The minimum Gasteiger partial charge on any atom is -0.473 e. The van der Waals surface area contributed by atoms with Gasteiger partial charge in [0.2, 0.25) is 5.88 Å². The first kappa shape index (κ1) is 18.7. The van der Waals surface area contributed by atoms with Crippen LogP contribution >= 0.6 is 0 Å². The number of hydrogen-bond acceptors (Lipinski definition) is 4. The third-order valence-corrected chi connectivity index (χ3v) is 4.36. The lowest BCUT2D eigenvalue weighted by Gasteiger charge is -2.32. The Labute approximate surface area is 154 Å². The van der Waals surface area contributed by atoms with Gasteiger partial charge in [-0.25, -0.2) is 4.98 Å². The van der Waals surface area contributed by atoms with Gasteiger partial charge < -0.3 is 9.64 Å². The fourth-order valence-corrected chi connectivity index (χ4v) is 2.99. The zero-order chi connectivity index (χ0) is 19.4. The second-order valence-corrected chi connectivity index (χ2v) is 6.12. The largest absolute Gasteiger partial charge is 0.473 e. The van der Waals surface area contributed by atoms with E-state index < -0.39 is 17.6 Å². The number of benzene rings is 1. The Morgan fingerprint density at radius 3 is 2.56 bits per heavy atom. The Hall–Kier alpha value is -3.08. The lowest BCUT2D eigenvalue weighted by Crippen LogP contribution is -2.42. The van der Waals surface area contributed by atoms with Gasteiger partial charge in [0.15, 0.2) is 0 Å². The van der Waals surface area contributed by atoms with Crippen molar-refractivity contribution in [3.8, 4) is 11.9 Å². The summed E-state index contributed by atoms with van der Waals surface area (Å²) in [5.41, 5.74) is -0.962. The number of piperidine rings is 1. The van der Waals surface area contributed by atoms with Crippen LogP contribution in [0.2, 0.25) is 0 Å². The molecule has 3 rings (SSSR count). The maximum Gasteiger partial charge on any atom is 0.417 e. The van der Waals surface area contributed by atoms with Crippen molar-refractivity contribution in [3.05, 3.63) is 59.3 Å². The number of amides is 1. The average molecular weight is 375 g/mol. The van der Waals surface area contributed by atoms with Crippen LogP contribution in [-0.2, 0) is 6.18 Å². The zero-order valence-electron chi connectivity index (χ0n) is 14.2. The lowest BCUT2D eigenvalue weighted by atomic mass is 10.0. The average Bonchev–Trinajstić information content (AvgIpc) is 2.68. The lowest BCUT2D eigenvalue weighted by molar-refractivity contribution is -0.138. The molecule has 0 saturated carbocycles. The van der Waals surface area contributed by atoms with Crippen molar-refractivity contribution in [2.24, 2.45) is 0 Å². The Kier molecular flexibility index (Phi) is 5.31. The third kappa shape index (κ3) is 4.19. The molecule has 1 fully saturated rings. The number of hydrogen-bond donors (Lipinski definition) is 0. The molecule has 1 aliphatic rings. The molecule has 1 amide bonds. The molecule has 1 saturated heterocycles. The Morgan fingerprint density at radius 2 is 1.89 bits per heavy atom. The van der Waals surface area contributed by atoms with Crippen LogP contribution in [-0.4, -0.2) is 35.0 Å². The first-order valence-corrected chi connectivity index (χ1v) is 8.37. The number of pyridine rings is 1. The van der Waals surface area contributed by atoms with Gasteiger partial charge in [-0.15, -0.1) is 0 Å². The quantitative estimate of drug-likeness (QED) is 0.821. The van der Waals surface area contributed by atoms with Gasteiger partial charge in [-0.1, -0.05) is 12.1 Å². The van der Waals surface area contributed by atoms with Crippen LogP contribution in [0.1, 0.15) is 34.3 Å². The number of aromatic nitrogens is 1. The van der Waals surface area contributed by atoms with Crippen LogP contribution in [0.5, 0.6) is 5.88 Å². The second kappa shape index (κ2) is 7.66. The first-order valence-electron chi connectivity index (χ1n) is 8.37. The second-order valence-electron chi connectivity index (χ2n) is 6.12. The van der Waals surface area contributed by atoms with Gasteiger partial charge in [-0.3, -0.25) is 4.79 Å². The Morgan fingerprint density at radius 1 is 1.19 bits per heavy atom. The van der Waals surface area contributed by atoms with Gasteiger partial charge in [-0.2, -0.15) is 18.4 Å². The molecule has 5 nitrogen and oxygen atoms in total. The van der Waals surface area contributed by atoms with E-state index in [1.807, 2.05) is 6.07 Å². The van der Waals surface area contributed by atoms with Crippen LogP contribution in [0.25, 0.3) is 0 Å². The van der Waals surface area contributed by atoms with Gasteiger partial charge in [-0.05, 0) is 24.3 Å². The van der Waals surface area contributed by atoms with Crippen molar-refractivity contribution in [2.45, 2.75) is 25.1 Å². The molecule has 0 bridgehead atoms. The number of rotatable bonds is 3. The number of nitriles is 1. The monoisotopic (exact) mass is 375 g/mol. The van der Waals surface area contributed by atoms with E-state index in [-0.39, 0.29) is 30.6 Å². The molecule has 27 heavy (non-hydrogen) atoms. The summed E-state index contributed by atoms with van der Waals surface area (Å²) in [6.07, 6.45) is -2.43. The predicted octanol–water partition coefficient (Wildman–Crippen LogP) is 3.66. The summed E-state index contributed by atoms with van der Waals surface area (Å²) in [5.74, 6) is -0.413. The molecule has 0 spiro atoms. The minimum atomic E-state index is -4.58. The van der Waals surface area contributed by atoms with Crippen LogP contribution < -0.4 is 4.74 Å². The van der Waals surface area contributed by atoms with E-state index in [1.165, 1.54) is 29.3 Å². The van der Waals surface area contributed by atoms with Crippen molar-refractivity contribution in [1.29, 1.82) is 5.26 Å². The Bertz CT molecular complexity index is 869. The SMILES string of the molecule is N#Cc1cccnc1OC1CCN(C(=O)c2ccccc2C(F)(F)F)CC1. The summed E-state index contributed by atoms with van der Waals surface area (Å²) in [5, 5.41) is 9.07. The van der Waals surface area contributed by atoms with Crippen molar-refractivity contribution in [1.82, 2.24) is 9.88 Å². The van der Waals surface area contributed by atoms with Crippen molar-refractivity contribution < 1.29 is 22.7 Å². The van der Waals surface area contributed by atoms with E-state index in [0.29, 0.717) is 18.4 Å². The summed E-state index contributed by atoms with van der Waals surface area (Å²) < 4.78 is 45.1. The zero-order valence-corrected chi connectivity index (χ0v) is 14.2. The molecule has 2 heterocycles. The predicted molar refractivity (Wildman–Crippen MR) is 89.9 cm³/mol. The first-order chi connectivity index (χ1) is 12.9. The number of alkyl halides is 3. The number of likely N-dealkylation sites (tertiary alicyclic amines) is 1. The van der Waals surface area contributed by atoms with Crippen LogP contribution in [0.3, 0.4) is 0 Å². The summed E-state index contributed by atoms with van der Waals surface area (Å²) in [6.45, 7) is 0.537. The topological polar surface area (TPSA) is 66.2 Å². The fourth-order valence-electron chi connectivity index (χ4n) is 2.99. The maximum atomic E-state index is 13.1. The molecule has 0 atom stereocenters. The van der Waals surface area contributed by atoms with E-state index >= 15 is 0 Å². The number of carbonyl (C=O) groups excluding carboxylic acids is 1. The summed E-state index contributed by atoms with van der Waals surface area (Å²) in [6, 6.07) is 10.0. The van der Waals surface area contributed by atoms with Gasteiger partial charge >= 0.3 is 6.18 Å². The van der Waals surface area contributed by atoms with Crippen LogP contribution in [0.15, 0.2) is 42.6 Å². The summed E-state index contributed by atoms with van der Waals surface area (Å²) in [7, 11) is 0. The molecule has 1 aromatic heterocycles. The number of carbonyl (C=O) groups is 1. The van der Waals surface area contributed by atoms with Crippen LogP contribution in [0.4, 0.5) is 13.2 Å².